The van der Waals surface area contributed by atoms with Crippen LogP contribution in [0.5, 0.6) is 0 Å². The topological polar surface area (TPSA) is 59.4 Å². The summed E-state index contributed by atoms with van der Waals surface area (Å²) in [5, 5.41) is 10.0. The van der Waals surface area contributed by atoms with Crippen LogP contribution in [0.25, 0.3) is 0 Å². The summed E-state index contributed by atoms with van der Waals surface area (Å²) in [4.78, 5) is 16.3. The van der Waals surface area contributed by atoms with Gasteiger partial charge in [-0.2, -0.15) is 0 Å². The fraction of sp³-hybridized carbons (Fsp3) is 0.333. The lowest BCUT2D eigenvalue weighted by molar-refractivity contribution is 0.0700. The third-order valence-electron chi connectivity index (χ3n) is 3.39. The van der Waals surface area contributed by atoms with Crippen LogP contribution in [0.1, 0.15) is 50.8 Å². The Morgan fingerprint density at radius 2 is 2.10 bits per heavy atom. The molecule has 1 N–H and O–H groups in total. The monoisotopic (exact) mass is 289 g/mol. The maximum Gasteiger partial charge on any atom is 0.347 e. The molecule has 20 heavy (non-hydrogen) atoms. The van der Waals surface area contributed by atoms with Crippen LogP contribution in [0.3, 0.4) is 0 Å². The van der Waals surface area contributed by atoms with E-state index in [0.717, 1.165) is 29.1 Å². The predicted molar refractivity (Wildman–Crippen MR) is 76.3 cm³/mol. The first-order valence-electron chi connectivity index (χ1n) is 6.52. The Hall–Kier alpha value is -1.72. The van der Waals surface area contributed by atoms with Crippen LogP contribution in [0.15, 0.2) is 30.3 Å². The zero-order chi connectivity index (χ0) is 14.1. The molecule has 0 bridgehead atoms. The number of ether oxygens (including phenoxy) is 1. The molecule has 104 valence electrons. The summed E-state index contributed by atoms with van der Waals surface area (Å²) < 4.78 is 5.53. The SMILES string of the molecule is COC(c1ccccc1)c1nc(C2CC2)c(C(=O)O)s1. The molecule has 1 atom stereocenters. The molecule has 1 fully saturated rings. The van der Waals surface area contributed by atoms with E-state index >= 15 is 0 Å². The maximum atomic E-state index is 11.3. The molecular weight excluding hydrogens is 274 g/mol. The van der Waals surface area contributed by atoms with Gasteiger partial charge in [-0.25, -0.2) is 9.78 Å². The highest BCUT2D eigenvalue weighted by molar-refractivity contribution is 7.13. The largest absolute Gasteiger partial charge is 0.477 e. The van der Waals surface area contributed by atoms with E-state index in [1.54, 1.807) is 7.11 Å². The zero-order valence-corrected chi connectivity index (χ0v) is 11.9. The van der Waals surface area contributed by atoms with Gasteiger partial charge in [-0.3, -0.25) is 0 Å². The Morgan fingerprint density at radius 3 is 2.65 bits per heavy atom. The van der Waals surface area contributed by atoms with Gasteiger partial charge in [-0.1, -0.05) is 30.3 Å². The second-order valence-electron chi connectivity index (χ2n) is 4.87. The minimum absolute atomic E-state index is 0.299. The van der Waals surface area contributed by atoms with Gasteiger partial charge in [0.1, 0.15) is 16.0 Å². The van der Waals surface area contributed by atoms with Gasteiger partial charge in [-0.05, 0) is 18.4 Å². The number of aromatic nitrogens is 1. The van der Waals surface area contributed by atoms with Crippen LogP contribution in [-0.2, 0) is 4.74 Å². The van der Waals surface area contributed by atoms with E-state index in [0.29, 0.717) is 10.8 Å². The second kappa shape index (κ2) is 5.34. The van der Waals surface area contributed by atoms with Crippen molar-refractivity contribution in [3.8, 4) is 0 Å². The predicted octanol–water partition coefficient (Wildman–Crippen LogP) is 3.45. The molecule has 0 saturated heterocycles. The first-order valence-corrected chi connectivity index (χ1v) is 7.34. The van der Waals surface area contributed by atoms with E-state index < -0.39 is 5.97 Å². The zero-order valence-electron chi connectivity index (χ0n) is 11.1. The maximum absolute atomic E-state index is 11.3. The van der Waals surface area contributed by atoms with Crippen molar-refractivity contribution in [2.45, 2.75) is 24.9 Å². The third-order valence-corrected chi connectivity index (χ3v) is 4.49. The van der Waals surface area contributed by atoms with Gasteiger partial charge < -0.3 is 9.84 Å². The number of carboxylic acid groups (broad SMARTS) is 1. The Kier molecular flexibility index (Phi) is 3.54. The number of benzene rings is 1. The second-order valence-corrected chi connectivity index (χ2v) is 5.90. The smallest absolute Gasteiger partial charge is 0.347 e. The normalized spacial score (nSPS) is 16.1. The summed E-state index contributed by atoms with van der Waals surface area (Å²) in [6.07, 6.45) is 1.77. The fourth-order valence-corrected chi connectivity index (χ4v) is 3.35. The highest BCUT2D eigenvalue weighted by Crippen LogP contribution is 2.44. The van der Waals surface area contributed by atoms with Gasteiger partial charge in [0.05, 0.1) is 5.69 Å². The molecule has 1 unspecified atom stereocenters. The summed E-state index contributed by atoms with van der Waals surface area (Å²) in [7, 11) is 1.62. The van der Waals surface area contributed by atoms with Gasteiger partial charge in [0, 0.05) is 13.0 Å². The van der Waals surface area contributed by atoms with Crippen molar-refractivity contribution in [1.82, 2.24) is 4.98 Å². The average molecular weight is 289 g/mol. The van der Waals surface area contributed by atoms with Crippen molar-refractivity contribution in [3.05, 3.63) is 51.5 Å². The summed E-state index contributed by atoms with van der Waals surface area (Å²) in [6.45, 7) is 0. The number of nitrogens with zero attached hydrogens (tertiary/aromatic N) is 1. The molecule has 4 nitrogen and oxygen atoms in total. The number of hydrogen-bond acceptors (Lipinski definition) is 4. The van der Waals surface area contributed by atoms with Crippen LogP contribution in [0.2, 0.25) is 0 Å². The van der Waals surface area contributed by atoms with E-state index in [4.69, 9.17) is 4.74 Å². The molecule has 3 rings (SSSR count). The Labute approximate surface area is 121 Å². The summed E-state index contributed by atoms with van der Waals surface area (Å²) in [5.74, 6) is -0.571. The van der Waals surface area contributed by atoms with Crippen molar-refractivity contribution in [1.29, 1.82) is 0 Å². The van der Waals surface area contributed by atoms with Crippen LogP contribution < -0.4 is 0 Å². The van der Waals surface area contributed by atoms with E-state index in [9.17, 15) is 9.90 Å². The molecule has 1 aliphatic rings. The first kappa shape index (κ1) is 13.3. The lowest BCUT2D eigenvalue weighted by Gasteiger charge is -2.12. The molecule has 1 aliphatic carbocycles. The molecule has 1 saturated carbocycles. The highest BCUT2D eigenvalue weighted by Gasteiger charge is 2.33. The fourth-order valence-electron chi connectivity index (χ4n) is 2.26. The van der Waals surface area contributed by atoms with Crippen LogP contribution >= 0.6 is 11.3 Å². The number of hydrogen-bond donors (Lipinski definition) is 1. The number of carbonyl (C=O) groups is 1. The van der Waals surface area contributed by atoms with Gasteiger partial charge >= 0.3 is 5.97 Å². The van der Waals surface area contributed by atoms with Crippen molar-refractivity contribution >= 4 is 17.3 Å². The molecule has 1 aromatic carbocycles. The van der Waals surface area contributed by atoms with Gasteiger partial charge in [0.25, 0.3) is 0 Å². The number of rotatable bonds is 5. The van der Waals surface area contributed by atoms with E-state index in [1.807, 2.05) is 30.3 Å². The highest BCUT2D eigenvalue weighted by atomic mass is 32.1. The van der Waals surface area contributed by atoms with Gasteiger partial charge in [-0.15, -0.1) is 11.3 Å². The Bertz CT molecular complexity index is 619. The summed E-state index contributed by atoms with van der Waals surface area (Å²) in [6, 6.07) is 9.75. The van der Waals surface area contributed by atoms with Crippen molar-refractivity contribution in [2.24, 2.45) is 0 Å². The minimum atomic E-state index is -0.890. The first-order chi connectivity index (χ1) is 9.70. The standard InChI is InChI=1S/C15H15NO3S/c1-19-12(10-5-3-2-4-6-10)14-16-11(9-7-8-9)13(20-14)15(17)18/h2-6,9,12H,7-8H2,1H3,(H,17,18). The van der Waals surface area contributed by atoms with E-state index in [1.165, 1.54) is 11.3 Å². The summed E-state index contributed by atoms with van der Waals surface area (Å²) >= 11 is 1.23. The van der Waals surface area contributed by atoms with Crippen LogP contribution in [0, 0.1) is 0 Å². The van der Waals surface area contributed by atoms with Crippen molar-refractivity contribution in [3.63, 3.8) is 0 Å². The molecule has 0 aliphatic heterocycles. The van der Waals surface area contributed by atoms with E-state index in [2.05, 4.69) is 4.98 Å². The molecular formula is C15H15NO3S. The lowest BCUT2D eigenvalue weighted by Crippen LogP contribution is -2.03. The molecule has 0 radical (unpaired) electrons. The number of thiazole rings is 1. The quantitative estimate of drug-likeness (QED) is 0.915. The average Bonchev–Trinajstić information content (AvgIpc) is 3.21. The van der Waals surface area contributed by atoms with E-state index in [-0.39, 0.29) is 6.10 Å². The van der Waals surface area contributed by atoms with Crippen LogP contribution in [-0.4, -0.2) is 23.2 Å². The molecule has 1 aromatic heterocycles. The molecule has 2 aromatic rings. The Morgan fingerprint density at radius 1 is 1.40 bits per heavy atom. The molecule has 1 heterocycles. The van der Waals surface area contributed by atoms with Crippen molar-refractivity contribution < 1.29 is 14.6 Å². The molecule has 0 amide bonds. The molecule has 0 spiro atoms. The van der Waals surface area contributed by atoms with Crippen LogP contribution in [0.4, 0.5) is 0 Å². The third kappa shape index (κ3) is 2.46. The Balaban J connectivity index is 2.00. The van der Waals surface area contributed by atoms with Gasteiger partial charge in [0.2, 0.25) is 0 Å². The number of methoxy groups -OCH3 is 1. The van der Waals surface area contributed by atoms with Gasteiger partial charge in [0.15, 0.2) is 0 Å². The summed E-state index contributed by atoms with van der Waals surface area (Å²) in [5.41, 5.74) is 1.72. The molecule has 5 heteroatoms. The lowest BCUT2D eigenvalue weighted by atomic mass is 10.1. The minimum Gasteiger partial charge on any atom is -0.477 e. The van der Waals surface area contributed by atoms with Crippen molar-refractivity contribution in [2.75, 3.05) is 7.11 Å². The number of carboxylic acids is 1. The number of aromatic carboxylic acids is 1.